The number of aliphatic hydroxyl groups is 1. The molecule has 0 aromatic heterocycles. The Morgan fingerprint density at radius 2 is 1.92 bits per heavy atom. The van der Waals surface area contributed by atoms with E-state index in [4.69, 9.17) is 0 Å². The highest BCUT2D eigenvalue weighted by molar-refractivity contribution is 7.79. The van der Waals surface area contributed by atoms with Gasteiger partial charge in [-0.05, 0) is 36.8 Å². The number of rotatable bonds is 3. The van der Waals surface area contributed by atoms with Gasteiger partial charge in [0.05, 0.1) is 6.10 Å². The summed E-state index contributed by atoms with van der Waals surface area (Å²) >= 11 is -2.14. The highest BCUT2D eigenvalue weighted by Crippen LogP contribution is 2.28. The van der Waals surface area contributed by atoms with Crippen LogP contribution in [0.3, 0.4) is 0 Å². The lowest BCUT2D eigenvalue weighted by atomic mass is 9.84. The molecule has 1 aliphatic rings. The van der Waals surface area contributed by atoms with Crippen LogP contribution in [0, 0.1) is 5.92 Å². The molecule has 78 valence electrons. The third-order valence-electron chi connectivity index (χ3n) is 2.92. The molecule has 4 heteroatoms. The Balaban J connectivity index is 2.44. The molecule has 0 spiro atoms. The van der Waals surface area contributed by atoms with Crippen molar-refractivity contribution in [2.45, 2.75) is 50.4 Å². The van der Waals surface area contributed by atoms with Crippen molar-refractivity contribution in [3.63, 3.8) is 0 Å². The predicted octanol–water partition coefficient (Wildman–Crippen LogP) is 1.20. The van der Waals surface area contributed by atoms with E-state index in [1.54, 1.807) is 6.92 Å². The normalized spacial score (nSPS) is 26.7. The van der Waals surface area contributed by atoms with Gasteiger partial charge in [-0.3, -0.25) is 4.21 Å². The Morgan fingerprint density at radius 1 is 1.38 bits per heavy atom. The summed E-state index contributed by atoms with van der Waals surface area (Å²) in [6.45, 7) is 1.57. The molecule has 1 aliphatic carbocycles. The van der Waals surface area contributed by atoms with Crippen LogP contribution in [0.1, 0.15) is 39.0 Å². The van der Waals surface area contributed by atoms with Gasteiger partial charge in [0.25, 0.3) is 0 Å². The first kappa shape index (κ1) is 11.1. The van der Waals surface area contributed by atoms with Crippen LogP contribution >= 0.6 is 0 Å². The van der Waals surface area contributed by atoms with Crippen molar-refractivity contribution in [1.29, 1.82) is 0 Å². The lowest BCUT2D eigenvalue weighted by molar-refractivity contribution is 0.0835. The SMILES string of the molecule is C[C@H]([C@@H](O)C1CCCCC1)S(=O)[O-]. The van der Waals surface area contributed by atoms with E-state index < -0.39 is 22.4 Å². The second kappa shape index (κ2) is 5.08. The molecule has 3 atom stereocenters. The number of hydrogen-bond acceptors (Lipinski definition) is 3. The summed E-state index contributed by atoms with van der Waals surface area (Å²) in [5, 5.41) is 9.10. The van der Waals surface area contributed by atoms with Gasteiger partial charge in [-0.25, -0.2) is 0 Å². The molecule has 0 aliphatic heterocycles. The zero-order valence-corrected chi connectivity index (χ0v) is 8.76. The maximum Gasteiger partial charge on any atom is 0.0697 e. The highest BCUT2D eigenvalue weighted by atomic mass is 32.2. The van der Waals surface area contributed by atoms with Gasteiger partial charge in [-0.2, -0.15) is 0 Å². The number of hydrogen-bond donors (Lipinski definition) is 1. The van der Waals surface area contributed by atoms with Crippen LogP contribution in [-0.4, -0.2) is 25.2 Å². The summed E-state index contributed by atoms with van der Waals surface area (Å²) in [6, 6.07) is 0. The molecule has 1 fully saturated rings. The Labute approximate surface area is 81.8 Å². The van der Waals surface area contributed by atoms with E-state index in [1.807, 2.05) is 0 Å². The van der Waals surface area contributed by atoms with Crippen LogP contribution in [0.15, 0.2) is 0 Å². The molecule has 3 nitrogen and oxygen atoms in total. The fourth-order valence-corrected chi connectivity index (χ4v) is 2.42. The highest BCUT2D eigenvalue weighted by Gasteiger charge is 2.26. The van der Waals surface area contributed by atoms with E-state index in [0.29, 0.717) is 0 Å². The molecular formula is C9H17O3S-. The first-order chi connectivity index (χ1) is 6.13. The molecule has 0 heterocycles. The molecule has 0 aromatic rings. The van der Waals surface area contributed by atoms with Gasteiger partial charge < -0.3 is 9.66 Å². The average Bonchev–Trinajstić information content (AvgIpc) is 2.17. The summed E-state index contributed by atoms with van der Waals surface area (Å²) in [5.74, 6) is 0.196. The third kappa shape index (κ3) is 3.04. The van der Waals surface area contributed by atoms with E-state index in [9.17, 15) is 13.9 Å². The van der Waals surface area contributed by atoms with Gasteiger partial charge in [-0.15, -0.1) is 0 Å². The summed E-state index contributed by atoms with van der Waals surface area (Å²) < 4.78 is 21.2. The Morgan fingerprint density at radius 3 is 2.38 bits per heavy atom. The molecule has 1 rings (SSSR count). The van der Waals surface area contributed by atoms with Crippen molar-refractivity contribution in [3.8, 4) is 0 Å². The Bertz CT molecular complexity index is 178. The minimum absolute atomic E-state index is 0.196. The van der Waals surface area contributed by atoms with E-state index >= 15 is 0 Å². The van der Waals surface area contributed by atoms with Gasteiger partial charge in [0.1, 0.15) is 0 Å². The second-order valence-electron chi connectivity index (χ2n) is 3.85. The molecule has 0 amide bonds. The Kier molecular flexibility index (Phi) is 4.35. The summed E-state index contributed by atoms with van der Waals surface area (Å²) in [4.78, 5) is 0. The molecule has 1 N–H and O–H groups in total. The molecule has 1 saturated carbocycles. The maximum absolute atomic E-state index is 10.6. The van der Waals surface area contributed by atoms with Crippen molar-refractivity contribution in [2.75, 3.05) is 0 Å². The minimum Gasteiger partial charge on any atom is -0.772 e. The smallest absolute Gasteiger partial charge is 0.0697 e. The van der Waals surface area contributed by atoms with Crippen molar-refractivity contribution >= 4 is 11.1 Å². The van der Waals surface area contributed by atoms with Gasteiger partial charge in [0, 0.05) is 5.25 Å². The average molecular weight is 205 g/mol. The van der Waals surface area contributed by atoms with Gasteiger partial charge in [0.15, 0.2) is 0 Å². The summed E-state index contributed by atoms with van der Waals surface area (Å²) in [7, 11) is 0. The fraction of sp³-hybridized carbons (Fsp3) is 1.00. The van der Waals surface area contributed by atoms with E-state index in [0.717, 1.165) is 25.7 Å². The zero-order chi connectivity index (χ0) is 9.84. The van der Waals surface area contributed by atoms with E-state index in [-0.39, 0.29) is 5.92 Å². The van der Waals surface area contributed by atoms with Crippen LogP contribution in [0.4, 0.5) is 0 Å². The number of aliphatic hydroxyl groups excluding tert-OH is 1. The first-order valence-corrected chi connectivity index (χ1v) is 6.03. The zero-order valence-electron chi connectivity index (χ0n) is 7.94. The maximum atomic E-state index is 10.6. The third-order valence-corrected chi connectivity index (χ3v) is 3.80. The molecule has 0 aromatic carbocycles. The van der Waals surface area contributed by atoms with Crippen LogP contribution in [0.5, 0.6) is 0 Å². The van der Waals surface area contributed by atoms with Crippen molar-refractivity contribution in [2.24, 2.45) is 5.92 Å². The molecule has 0 saturated heterocycles. The van der Waals surface area contributed by atoms with Gasteiger partial charge in [0.2, 0.25) is 0 Å². The van der Waals surface area contributed by atoms with Crippen LogP contribution < -0.4 is 0 Å². The first-order valence-electron chi connectivity index (χ1n) is 4.89. The molecule has 13 heavy (non-hydrogen) atoms. The van der Waals surface area contributed by atoms with Crippen molar-refractivity contribution in [1.82, 2.24) is 0 Å². The monoisotopic (exact) mass is 205 g/mol. The van der Waals surface area contributed by atoms with Crippen molar-refractivity contribution in [3.05, 3.63) is 0 Å². The van der Waals surface area contributed by atoms with Crippen LogP contribution in [0.25, 0.3) is 0 Å². The molecule has 0 bridgehead atoms. The van der Waals surface area contributed by atoms with Crippen LogP contribution in [-0.2, 0) is 11.1 Å². The summed E-state index contributed by atoms with van der Waals surface area (Å²) in [6.07, 6.45) is 4.75. The largest absolute Gasteiger partial charge is 0.772 e. The molecular weight excluding hydrogens is 188 g/mol. The second-order valence-corrected chi connectivity index (χ2v) is 5.12. The molecule has 0 radical (unpaired) electrons. The lowest BCUT2D eigenvalue weighted by Crippen LogP contribution is -2.35. The van der Waals surface area contributed by atoms with Crippen molar-refractivity contribution < 1.29 is 13.9 Å². The quantitative estimate of drug-likeness (QED) is 0.704. The summed E-state index contributed by atoms with van der Waals surface area (Å²) in [5.41, 5.74) is 0. The lowest BCUT2D eigenvalue weighted by Gasteiger charge is -2.31. The Hall–Kier alpha value is 0.0700. The van der Waals surface area contributed by atoms with Gasteiger partial charge in [-0.1, -0.05) is 19.3 Å². The predicted molar refractivity (Wildman–Crippen MR) is 51.0 cm³/mol. The van der Waals surface area contributed by atoms with E-state index in [1.165, 1.54) is 6.42 Å². The fourth-order valence-electron chi connectivity index (χ4n) is 1.97. The molecule has 1 unspecified atom stereocenters. The topological polar surface area (TPSA) is 60.4 Å². The van der Waals surface area contributed by atoms with E-state index in [2.05, 4.69) is 0 Å². The van der Waals surface area contributed by atoms with Gasteiger partial charge >= 0.3 is 0 Å². The standard InChI is InChI=1S/C9H18O3S/c1-7(13(11)12)9(10)8-5-3-2-4-6-8/h7-10H,2-6H2,1H3,(H,11,12)/p-1/t7-,9-/m1/s1. The minimum atomic E-state index is -2.14. The van der Waals surface area contributed by atoms with Crippen LogP contribution in [0.2, 0.25) is 0 Å².